The number of nitrogens with one attached hydrogen (secondary N) is 1. The number of aliphatic hydroxyl groups excluding tert-OH is 3. The highest BCUT2D eigenvalue weighted by molar-refractivity contribution is 5.76. The Bertz CT molecular complexity index is 733. The van der Waals surface area contributed by atoms with Crippen molar-refractivity contribution in [3.8, 4) is 0 Å². The lowest BCUT2D eigenvalue weighted by atomic mass is 10.0. The highest BCUT2D eigenvalue weighted by Gasteiger charge is 2.21. The minimum Gasteiger partial charge on any atom is -0.394 e. The Hall–Kier alpha value is -0.650. The molecule has 330 valence electrons. The maximum absolute atomic E-state index is 12.5. The van der Waals surface area contributed by atoms with Gasteiger partial charge in [0.25, 0.3) is 0 Å². The molecule has 1 amide bonds. The quantitative estimate of drug-likeness (QED) is 0.0463. The van der Waals surface area contributed by atoms with Crippen LogP contribution in [0.1, 0.15) is 290 Å². The van der Waals surface area contributed by atoms with Gasteiger partial charge in [-0.1, -0.05) is 271 Å². The third-order valence-electron chi connectivity index (χ3n) is 12.2. The number of aliphatic hydroxyl groups is 3. The van der Waals surface area contributed by atoms with Crippen molar-refractivity contribution < 1.29 is 20.1 Å². The minimum atomic E-state index is -0.744. The summed E-state index contributed by atoms with van der Waals surface area (Å²) in [7, 11) is 0. The van der Waals surface area contributed by atoms with E-state index in [2.05, 4.69) is 19.2 Å². The molecule has 0 aromatic heterocycles. The van der Waals surface area contributed by atoms with Gasteiger partial charge in [-0.3, -0.25) is 4.79 Å². The number of rotatable bonds is 47. The minimum absolute atomic E-state index is 0.0430. The molecule has 5 heteroatoms. The molecule has 0 saturated carbocycles. The van der Waals surface area contributed by atoms with Crippen LogP contribution in [0.3, 0.4) is 0 Å². The Morgan fingerprint density at radius 2 is 0.618 bits per heavy atom. The lowest BCUT2D eigenvalue weighted by Gasteiger charge is -2.23. The van der Waals surface area contributed by atoms with Crippen LogP contribution in [-0.2, 0) is 4.79 Å². The lowest BCUT2D eigenvalue weighted by Crippen LogP contribution is -2.46. The van der Waals surface area contributed by atoms with Gasteiger partial charge in [0, 0.05) is 0 Å². The Labute approximate surface area is 345 Å². The van der Waals surface area contributed by atoms with E-state index in [4.69, 9.17) is 0 Å². The first-order valence-electron chi connectivity index (χ1n) is 25.3. The SMILES string of the molecule is CCCCCCCCCCCCCCCCCCCCCCCCCCCC(O)C(CO)NC(=O)CC(O)CCCCCCCCCCCCCCCCC. The first kappa shape index (κ1) is 54.3. The van der Waals surface area contributed by atoms with E-state index in [0.717, 1.165) is 25.7 Å². The van der Waals surface area contributed by atoms with Gasteiger partial charge in [-0.15, -0.1) is 0 Å². The van der Waals surface area contributed by atoms with Gasteiger partial charge in [-0.25, -0.2) is 0 Å². The third kappa shape index (κ3) is 42.8. The molecular formula is C50H101NO4. The fraction of sp³-hybridized carbons (Fsp3) is 0.980. The number of hydrogen-bond donors (Lipinski definition) is 4. The highest BCUT2D eigenvalue weighted by Crippen LogP contribution is 2.18. The molecule has 0 aromatic carbocycles. The van der Waals surface area contributed by atoms with Crippen LogP contribution in [0, 0.1) is 0 Å². The molecule has 4 N–H and O–H groups in total. The van der Waals surface area contributed by atoms with Crippen LogP contribution in [-0.4, -0.2) is 46.1 Å². The second-order valence-electron chi connectivity index (χ2n) is 17.8. The molecule has 3 atom stereocenters. The van der Waals surface area contributed by atoms with E-state index in [0.29, 0.717) is 12.8 Å². The van der Waals surface area contributed by atoms with Crippen LogP contribution < -0.4 is 5.32 Å². The summed E-state index contributed by atoms with van der Waals surface area (Å²) < 4.78 is 0. The fourth-order valence-corrected chi connectivity index (χ4v) is 8.29. The van der Waals surface area contributed by atoms with Gasteiger partial charge in [0.1, 0.15) is 0 Å². The van der Waals surface area contributed by atoms with E-state index in [1.165, 1.54) is 231 Å². The van der Waals surface area contributed by atoms with Crippen molar-refractivity contribution in [3.05, 3.63) is 0 Å². The number of carbonyl (C=O) groups is 1. The molecule has 0 aliphatic carbocycles. The Balaban J connectivity index is 3.51. The lowest BCUT2D eigenvalue weighted by molar-refractivity contribution is -0.125. The molecule has 0 aromatic rings. The van der Waals surface area contributed by atoms with Crippen molar-refractivity contribution in [1.29, 1.82) is 0 Å². The highest BCUT2D eigenvalue weighted by atomic mass is 16.3. The van der Waals surface area contributed by atoms with Crippen molar-refractivity contribution in [2.24, 2.45) is 0 Å². The van der Waals surface area contributed by atoms with E-state index >= 15 is 0 Å². The first-order chi connectivity index (χ1) is 27.0. The molecule has 5 nitrogen and oxygen atoms in total. The van der Waals surface area contributed by atoms with Crippen molar-refractivity contribution in [2.45, 2.75) is 308 Å². The molecule has 55 heavy (non-hydrogen) atoms. The average molecular weight is 780 g/mol. The van der Waals surface area contributed by atoms with E-state index in [9.17, 15) is 20.1 Å². The zero-order valence-corrected chi connectivity index (χ0v) is 37.6. The molecule has 3 unspecified atom stereocenters. The van der Waals surface area contributed by atoms with Crippen molar-refractivity contribution in [3.63, 3.8) is 0 Å². The zero-order chi connectivity index (χ0) is 40.1. The summed E-state index contributed by atoms with van der Waals surface area (Å²) in [5.74, 6) is -0.277. The molecule has 0 spiro atoms. The largest absolute Gasteiger partial charge is 0.394 e. The number of amides is 1. The summed E-state index contributed by atoms with van der Waals surface area (Å²) >= 11 is 0. The molecule has 0 bridgehead atoms. The van der Waals surface area contributed by atoms with Crippen LogP contribution in [0.15, 0.2) is 0 Å². The first-order valence-corrected chi connectivity index (χ1v) is 25.3. The third-order valence-corrected chi connectivity index (χ3v) is 12.2. The van der Waals surface area contributed by atoms with Gasteiger partial charge in [0.2, 0.25) is 5.91 Å². The topological polar surface area (TPSA) is 89.8 Å². The monoisotopic (exact) mass is 780 g/mol. The van der Waals surface area contributed by atoms with Crippen LogP contribution >= 0.6 is 0 Å². The second-order valence-corrected chi connectivity index (χ2v) is 17.8. The van der Waals surface area contributed by atoms with Gasteiger partial charge in [-0.05, 0) is 12.8 Å². The fourth-order valence-electron chi connectivity index (χ4n) is 8.29. The predicted octanol–water partition coefficient (Wildman–Crippen LogP) is 15.0. The Morgan fingerprint density at radius 3 is 0.873 bits per heavy atom. The number of carbonyl (C=O) groups excluding carboxylic acids is 1. The summed E-state index contributed by atoms with van der Waals surface area (Å²) in [5.41, 5.74) is 0. The van der Waals surface area contributed by atoms with Crippen LogP contribution in [0.5, 0.6) is 0 Å². The summed E-state index contributed by atoms with van der Waals surface area (Å²) in [6.45, 7) is 4.29. The van der Waals surface area contributed by atoms with E-state index in [-0.39, 0.29) is 18.9 Å². The predicted molar refractivity (Wildman–Crippen MR) is 241 cm³/mol. The Kier molecular flexibility index (Phi) is 45.5. The zero-order valence-electron chi connectivity index (χ0n) is 37.6. The standard InChI is InChI=1S/C50H101NO4/c1-3-5-7-9-11-13-15-17-19-20-21-22-23-24-25-26-27-28-30-32-34-36-38-40-42-44-49(54)48(46-52)51-50(55)45-47(53)43-41-39-37-35-33-31-29-18-16-14-12-10-8-6-4-2/h47-49,52-54H,3-46H2,1-2H3,(H,51,55). The maximum Gasteiger partial charge on any atom is 0.222 e. The normalized spacial score (nSPS) is 13.3. The Morgan fingerprint density at radius 1 is 0.382 bits per heavy atom. The molecular weight excluding hydrogens is 679 g/mol. The maximum atomic E-state index is 12.5. The van der Waals surface area contributed by atoms with Crippen molar-refractivity contribution in [2.75, 3.05) is 6.61 Å². The molecule has 0 aliphatic rings. The number of unbranched alkanes of at least 4 members (excludes halogenated alkanes) is 38. The van der Waals surface area contributed by atoms with Gasteiger partial charge >= 0.3 is 0 Å². The van der Waals surface area contributed by atoms with Gasteiger partial charge in [0.15, 0.2) is 0 Å². The van der Waals surface area contributed by atoms with E-state index < -0.39 is 18.2 Å². The van der Waals surface area contributed by atoms with E-state index in [1.807, 2.05) is 0 Å². The second kappa shape index (κ2) is 46.0. The van der Waals surface area contributed by atoms with E-state index in [1.54, 1.807) is 0 Å². The smallest absolute Gasteiger partial charge is 0.222 e. The molecule has 0 radical (unpaired) electrons. The number of hydrogen-bond acceptors (Lipinski definition) is 4. The van der Waals surface area contributed by atoms with Crippen molar-refractivity contribution >= 4 is 5.91 Å². The summed E-state index contributed by atoms with van der Waals surface area (Å²) in [5, 5.41) is 33.5. The summed E-state index contributed by atoms with van der Waals surface area (Å²) in [4.78, 5) is 12.5. The molecule has 0 aliphatic heterocycles. The van der Waals surface area contributed by atoms with Crippen LogP contribution in [0.4, 0.5) is 0 Å². The molecule has 0 fully saturated rings. The van der Waals surface area contributed by atoms with Gasteiger partial charge < -0.3 is 20.6 Å². The molecule has 0 rings (SSSR count). The molecule has 0 saturated heterocycles. The van der Waals surface area contributed by atoms with Crippen LogP contribution in [0.25, 0.3) is 0 Å². The summed E-state index contributed by atoms with van der Waals surface area (Å²) in [6, 6.07) is -0.653. The van der Waals surface area contributed by atoms with Gasteiger partial charge in [0.05, 0.1) is 31.3 Å². The molecule has 0 heterocycles. The summed E-state index contributed by atoms with van der Waals surface area (Å²) in [6.07, 6.45) is 53.8. The van der Waals surface area contributed by atoms with Gasteiger partial charge in [-0.2, -0.15) is 0 Å². The average Bonchev–Trinajstić information content (AvgIpc) is 3.18. The van der Waals surface area contributed by atoms with Crippen molar-refractivity contribution in [1.82, 2.24) is 5.32 Å². The van der Waals surface area contributed by atoms with Crippen LogP contribution in [0.2, 0.25) is 0 Å².